The summed E-state index contributed by atoms with van der Waals surface area (Å²) in [6.07, 6.45) is 0.311. The van der Waals surface area contributed by atoms with Gasteiger partial charge in [0.1, 0.15) is 5.82 Å². The van der Waals surface area contributed by atoms with Crippen LogP contribution in [0.15, 0.2) is 48.5 Å². The highest BCUT2D eigenvalue weighted by molar-refractivity contribution is 5.76. The van der Waals surface area contributed by atoms with E-state index in [4.69, 9.17) is 0 Å². The van der Waals surface area contributed by atoms with Crippen molar-refractivity contribution >= 4 is 11.7 Å². The van der Waals surface area contributed by atoms with Crippen LogP contribution in [0.1, 0.15) is 12.0 Å². The van der Waals surface area contributed by atoms with E-state index in [0.717, 1.165) is 5.56 Å². The van der Waals surface area contributed by atoms with Crippen LogP contribution in [0.25, 0.3) is 0 Å². The summed E-state index contributed by atoms with van der Waals surface area (Å²) >= 11 is 0. The number of hydrogen-bond donors (Lipinski definition) is 2. The zero-order chi connectivity index (χ0) is 14.2. The molecule has 4 nitrogen and oxygen atoms in total. The first kappa shape index (κ1) is 14.0. The highest BCUT2D eigenvalue weighted by Crippen LogP contribution is 2.03. The van der Waals surface area contributed by atoms with Gasteiger partial charge in [-0.1, -0.05) is 36.4 Å². The number of amides is 1. The molecule has 0 aliphatic carbocycles. The summed E-state index contributed by atoms with van der Waals surface area (Å²) in [5, 5.41) is 5.73. The Balaban J connectivity index is 1.68. The number of pyridine rings is 1. The van der Waals surface area contributed by atoms with Crippen molar-refractivity contribution in [3.8, 4) is 0 Å². The first-order valence-corrected chi connectivity index (χ1v) is 6.41. The lowest BCUT2D eigenvalue weighted by Gasteiger charge is -2.07. The second kappa shape index (κ2) is 7.23. The van der Waals surface area contributed by atoms with E-state index in [1.165, 1.54) is 6.07 Å². The minimum absolute atomic E-state index is 0.0576. The van der Waals surface area contributed by atoms with Crippen molar-refractivity contribution in [3.05, 3.63) is 60.0 Å². The van der Waals surface area contributed by atoms with Crippen LogP contribution in [0.5, 0.6) is 0 Å². The smallest absolute Gasteiger partial charge is 0.222 e. The Morgan fingerprint density at radius 3 is 2.65 bits per heavy atom. The molecular weight excluding hydrogens is 257 g/mol. The van der Waals surface area contributed by atoms with Crippen LogP contribution >= 0.6 is 0 Å². The van der Waals surface area contributed by atoms with Gasteiger partial charge in [0.25, 0.3) is 0 Å². The minimum Gasteiger partial charge on any atom is -0.369 e. The maximum absolute atomic E-state index is 12.8. The molecule has 20 heavy (non-hydrogen) atoms. The molecule has 0 saturated heterocycles. The predicted octanol–water partition coefficient (Wildman–Crippen LogP) is 2.34. The van der Waals surface area contributed by atoms with Crippen LogP contribution in [0.3, 0.4) is 0 Å². The first-order chi connectivity index (χ1) is 9.74. The van der Waals surface area contributed by atoms with Crippen LogP contribution in [0.2, 0.25) is 0 Å². The van der Waals surface area contributed by atoms with Crippen LogP contribution < -0.4 is 10.6 Å². The van der Waals surface area contributed by atoms with Crippen LogP contribution in [0, 0.1) is 5.95 Å². The van der Waals surface area contributed by atoms with Gasteiger partial charge in [-0.2, -0.15) is 4.39 Å². The molecule has 0 aliphatic heterocycles. The summed E-state index contributed by atoms with van der Waals surface area (Å²) in [6, 6.07) is 14.2. The molecule has 0 radical (unpaired) electrons. The summed E-state index contributed by atoms with van der Waals surface area (Å²) < 4.78 is 12.8. The average Bonchev–Trinajstić information content (AvgIpc) is 2.46. The topological polar surface area (TPSA) is 54.0 Å². The lowest BCUT2D eigenvalue weighted by molar-refractivity contribution is -0.121. The Kier molecular flexibility index (Phi) is 5.06. The third kappa shape index (κ3) is 4.68. The number of benzene rings is 1. The van der Waals surface area contributed by atoms with Gasteiger partial charge in [0.15, 0.2) is 0 Å². The van der Waals surface area contributed by atoms with E-state index < -0.39 is 5.95 Å². The first-order valence-electron chi connectivity index (χ1n) is 6.41. The van der Waals surface area contributed by atoms with E-state index in [0.29, 0.717) is 25.3 Å². The normalized spacial score (nSPS) is 10.1. The molecule has 0 saturated carbocycles. The molecule has 0 fully saturated rings. The van der Waals surface area contributed by atoms with Crippen molar-refractivity contribution < 1.29 is 9.18 Å². The lowest BCUT2D eigenvalue weighted by Crippen LogP contribution is -2.24. The predicted molar refractivity (Wildman–Crippen MR) is 75.6 cm³/mol. The number of carbonyl (C=O) groups excluding carboxylic acids is 1. The number of halogens is 1. The highest BCUT2D eigenvalue weighted by Gasteiger charge is 2.02. The van der Waals surface area contributed by atoms with E-state index in [2.05, 4.69) is 15.6 Å². The average molecular weight is 273 g/mol. The van der Waals surface area contributed by atoms with Crippen LogP contribution in [-0.2, 0) is 11.3 Å². The van der Waals surface area contributed by atoms with Gasteiger partial charge in [-0.3, -0.25) is 4.79 Å². The van der Waals surface area contributed by atoms with E-state index in [-0.39, 0.29) is 5.91 Å². The van der Waals surface area contributed by atoms with Crippen molar-refractivity contribution in [1.29, 1.82) is 0 Å². The van der Waals surface area contributed by atoms with Gasteiger partial charge in [-0.25, -0.2) is 4.98 Å². The zero-order valence-electron chi connectivity index (χ0n) is 11.0. The molecule has 2 N–H and O–H groups in total. The van der Waals surface area contributed by atoms with Crippen molar-refractivity contribution in [2.45, 2.75) is 13.0 Å². The summed E-state index contributed by atoms with van der Waals surface area (Å²) in [5.74, 6) is -0.165. The van der Waals surface area contributed by atoms with Gasteiger partial charge in [0.2, 0.25) is 11.9 Å². The van der Waals surface area contributed by atoms with Crippen LogP contribution in [0.4, 0.5) is 10.2 Å². The van der Waals surface area contributed by atoms with E-state index in [1.807, 2.05) is 30.3 Å². The maximum Gasteiger partial charge on any atom is 0.222 e. The van der Waals surface area contributed by atoms with E-state index in [9.17, 15) is 9.18 Å². The maximum atomic E-state index is 12.8. The fraction of sp³-hybridized carbons (Fsp3) is 0.200. The monoisotopic (exact) mass is 273 g/mol. The Hall–Kier alpha value is -2.43. The quantitative estimate of drug-likeness (QED) is 0.794. The van der Waals surface area contributed by atoms with Crippen LogP contribution in [-0.4, -0.2) is 17.4 Å². The molecule has 2 rings (SSSR count). The summed E-state index contributed by atoms with van der Waals surface area (Å²) in [7, 11) is 0. The van der Waals surface area contributed by atoms with Gasteiger partial charge < -0.3 is 10.6 Å². The van der Waals surface area contributed by atoms with Gasteiger partial charge >= 0.3 is 0 Å². The number of nitrogens with one attached hydrogen (secondary N) is 2. The molecule has 5 heteroatoms. The lowest BCUT2D eigenvalue weighted by atomic mass is 10.2. The Bertz CT molecular complexity index is 560. The molecule has 104 valence electrons. The zero-order valence-corrected chi connectivity index (χ0v) is 11.0. The Labute approximate surface area is 117 Å². The Morgan fingerprint density at radius 1 is 1.10 bits per heavy atom. The second-order valence-corrected chi connectivity index (χ2v) is 4.28. The third-order valence-corrected chi connectivity index (χ3v) is 2.71. The molecule has 0 aliphatic rings. The Morgan fingerprint density at radius 2 is 1.90 bits per heavy atom. The second-order valence-electron chi connectivity index (χ2n) is 4.28. The number of anilines is 1. The summed E-state index contributed by atoms with van der Waals surface area (Å²) in [4.78, 5) is 15.3. The molecule has 0 spiro atoms. The molecule has 2 aromatic rings. The van der Waals surface area contributed by atoms with Gasteiger partial charge in [-0.15, -0.1) is 0 Å². The summed E-state index contributed by atoms with van der Waals surface area (Å²) in [5.41, 5.74) is 1.06. The van der Waals surface area contributed by atoms with Gasteiger partial charge in [0, 0.05) is 19.5 Å². The molecule has 1 aromatic carbocycles. The van der Waals surface area contributed by atoms with Crippen molar-refractivity contribution in [2.24, 2.45) is 0 Å². The molecule has 0 bridgehead atoms. The van der Waals surface area contributed by atoms with E-state index >= 15 is 0 Å². The molecule has 0 atom stereocenters. The number of carbonyl (C=O) groups is 1. The number of rotatable bonds is 6. The third-order valence-electron chi connectivity index (χ3n) is 2.71. The van der Waals surface area contributed by atoms with Gasteiger partial charge in [-0.05, 0) is 17.7 Å². The number of aromatic nitrogens is 1. The van der Waals surface area contributed by atoms with E-state index in [1.54, 1.807) is 12.1 Å². The molecule has 1 heterocycles. The highest BCUT2D eigenvalue weighted by atomic mass is 19.1. The standard InChI is InChI=1S/C15H16FN3O/c16-13-7-4-8-14(19-13)17-10-9-15(20)18-11-12-5-2-1-3-6-12/h1-8H,9-11H2,(H,17,19)(H,18,20). The number of nitrogens with zero attached hydrogens (tertiary/aromatic N) is 1. The van der Waals surface area contributed by atoms with Gasteiger partial charge in [0.05, 0.1) is 0 Å². The fourth-order valence-corrected chi connectivity index (χ4v) is 1.70. The summed E-state index contributed by atoms with van der Waals surface area (Å²) in [6.45, 7) is 0.926. The largest absolute Gasteiger partial charge is 0.369 e. The number of hydrogen-bond acceptors (Lipinski definition) is 3. The minimum atomic E-state index is -0.538. The molecule has 1 amide bonds. The van der Waals surface area contributed by atoms with Crippen molar-refractivity contribution in [3.63, 3.8) is 0 Å². The molecular formula is C15H16FN3O. The molecule has 0 unspecified atom stereocenters. The SMILES string of the molecule is O=C(CCNc1cccc(F)n1)NCc1ccccc1. The fourth-order valence-electron chi connectivity index (χ4n) is 1.70. The van der Waals surface area contributed by atoms with Crippen molar-refractivity contribution in [2.75, 3.05) is 11.9 Å². The molecule has 1 aromatic heterocycles. The van der Waals surface area contributed by atoms with Crippen molar-refractivity contribution in [1.82, 2.24) is 10.3 Å².